The van der Waals surface area contributed by atoms with Gasteiger partial charge in [-0.25, -0.2) is 0 Å². The zero-order valence-electron chi connectivity index (χ0n) is 11.6. The summed E-state index contributed by atoms with van der Waals surface area (Å²) in [5.74, 6) is 0.868. The average molecular weight is 300 g/mol. The molecule has 1 unspecified atom stereocenters. The molecule has 1 N–H and O–H groups in total. The molecule has 0 amide bonds. The third kappa shape index (κ3) is 4.37. The van der Waals surface area contributed by atoms with Crippen LogP contribution >= 0.6 is 23.2 Å². The van der Waals surface area contributed by atoms with Crippen molar-refractivity contribution < 1.29 is 0 Å². The summed E-state index contributed by atoms with van der Waals surface area (Å²) >= 11 is 12.5. The second-order valence-electron chi connectivity index (χ2n) is 5.63. The van der Waals surface area contributed by atoms with Gasteiger partial charge in [0.2, 0.25) is 0 Å². The van der Waals surface area contributed by atoms with Gasteiger partial charge in [0.05, 0.1) is 0 Å². The van der Waals surface area contributed by atoms with Crippen molar-refractivity contribution in [1.82, 2.24) is 5.32 Å². The third-order valence-corrected chi connectivity index (χ3v) is 4.97. The van der Waals surface area contributed by atoms with Crippen molar-refractivity contribution in [3.63, 3.8) is 0 Å². The highest BCUT2D eigenvalue weighted by Gasteiger charge is 2.19. The Morgan fingerprint density at radius 3 is 2.37 bits per heavy atom. The summed E-state index contributed by atoms with van der Waals surface area (Å²) in [6.07, 6.45) is 9.13. The number of hydrogen-bond donors (Lipinski definition) is 1. The average Bonchev–Trinajstić information content (AvgIpc) is 2.43. The molecule has 1 aromatic carbocycles. The maximum absolute atomic E-state index is 6.26. The molecular weight excluding hydrogens is 277 g/mol. The standard InChI is InChI=1S/C16H23Cl2N/c1-19-13(10-12-6-3-2-4-7-12)11-14-15(17)8-5-9-16(14)18/h5,8-9,12-13,19H,2-4,6-7,10-11H2,1H3. The lowest BCUT2D eigenvalue weighted by Crippen LogP contribution is -2.31. The summed E-state index contributed by atoms with van der Waals surface area (Å²) in [5, 5.41) is 5.01. The molecule has 106 valence electrons. The van der Waals surface area contributed by atoms with Gasteiger partial charge < -0.3 is 5.32 Å². The maximum atomic E-state index is 6.26. The predicted octanol–water partition coefficient (Wildman–Crippen LogP) is 5.09. The molecule has 0 heterocycles. The monoisotopic (exact) mass is 299 g/mol. The maximum Gasteiger partial charge on any atom is 0.0453 e. The first-order valence-corrected chi connectivity index (χ1v) is 8.06. The van der Waals surface area contributed by atoms with Crippen LogP contribution in [0.5, 0.6) is 0 Å². The summed E-state index contributed by atoms with van der Waals surface area (Å²) in [5.41, 5.74) is 1.08. The molecule has 0 saturated heterocycles. The smallest absolute Gasteiger partial charge is 0.0453 e. The van der Waals surface area contributed by atoms with Crippen LogP contribution in [0.15, 0.2) is 18.2 Å². The van der Waals surface area contributed by atoms with Crippen molar-refractivity contribution in [2.24, 2.45) is 5.92 Å². The molecule has 1 saturated carbocycles. The second kappa shape index (κ2) is 7.52. The Morgan fingerprint density at radius 1 is 1.16 bits per heavy atom. The van der Waals surface area contributed by atoms with E-state index < -0.39 is 0 Å². The summed E-state index contributed by atoms with van der Waals surface area (Å²) in [6, 6.07) is 6.23. The van der Waals surface area contributed by atoms with Gasteiger partial charge in [0.1, 0.15) is 0 Å². The van der Waals surface area contributed by atoms with Gasteiger partial charge in [-0.2, -0.15) is 0 Å². The van der Waals surface area contributed by atoms with Crippen molar-refractivity contribution in [3.8, 4) is 0 Å². The lowest BCUT2D eigenvalue weighted by molar-refractivity contribution is 0.303. The fourth-order valence-corrected chi connectivity index (χ4v) is 3.65. The van der Waals surface area contributed by atoms with Gasteiger partial charge in [-0.05, 0) is 43.5 Å². The number of hydrogen-bond acceptors (Lipinski definition) is 1. The highest BCUT2D eigenvalue weighted by molar-refractivity contribution is 6.35. The largest absolute Gasteiger partial charge is 0.317 e. The molecule has 1 atom stereocenters. The van der Waals surface area contributed by atoms with Crippen LogP contribution < -0.4 is 5.32 Å². The van der Waals surface area contributed by atoms with E-state index in [1.54, 1.807) is 0 Å². The molecule has 0 spiro atoms. The van der Waals surface area contributed by atoms with Gasteiger partial charge in [0.25, 0.3) is 0 Å². The van der Waals surface area contributed by atoms with Crippen LogP contribution in [0.25, 0.3) is 0 Å². The molecule has 0 aliphatic heterocycles. The molecule has 3 heteroatoms. The predicted molar refractivity (Wildman–Crippen MR) is 84.2 cm³/mol. The highest BCUT2D eigenvalue weighted by atomic mass is 35.5. The molecule has 1 nitrogen and oxygen atoms in total. The zero-order chi connectivity index (χ0) is 13.7. The first kappa shape index (κ1) is 15.2. The first-order chi connectivity index (χ1) is 9.20. The number of likely N-dealkylation sites (N-methyl/N-ethyl adjacent to an activating group) is 1. The zero-order valence-corrected chi connectivity index (χ0v) is 13.1. The van der Waals surface area contributed by atoms with E-state index in [0.717, 1.165) is 27.9 Å². The second-order valence-corrected chi connectivity index (χ2v) is 6.44. The molecule has 0 radical (unpaired) electrons. The molecule has 19 heavy (non-hydrogen) atoms. The molecule has 0 aromatic heterocycles. The Hall–Kier alpha value is -0.240. The van der Waals surface area contributed by atoms with Crippen LogP contribution in [0.4, 0.5) is 0 Å². The third-order valence-electron chi connectivity index (χ3n) is 4.26. The van der Waals surface area contributed by atoms with Gasteiger partial charge >= 0.3 is 0 Å². The Morgan fingerprint density at radius 2 is 1.79 bits per heavy atom. The number of nitrogens with one attached hydrogen (secondary N) is 1. The topological polar surface area (TPSA) is 12.0 Å². The van der Waals surface area contributed by atoms with Gasteiger partial charge in [-0.3, -0.25) is 0 Å². The van der Waals surface area contributed by atoms with E-state index in [0.29, 0.717) is 6.04 Å². The van der Waals surface area contributed by atoms with Crippen LogP contribution in [0.2, 0.25) is 10.0 Å². The SMILES string of the molecule is CNC(Cc1c(Cl)cccc1Cl)CC1CCCCC1. The van der Waals surface area contributed by atoms with Gasteiger partial charge in [0, 0.05) is 16.1 Å². The number of halogens is 2. The Balaban J connectivity index is 1.98. The summed E-state index contributed by atoms with van der Waals surface area (Å²) in [6.45, 7) is 0. The van der Waals surface area contributed by atoms with Gasteiger partial charge in [-0.15, -0.1) is 0 Å². The molecule has 1 aliphatic rings. The van der Waals surface area contributed by atoms with Crippen molar-refractivity contribution in [3.05, 3.63) is 33.8 Å². The lowest BCUT2D eigenvalue weighted by Gasteiger charge is -2.27. The molecular formula is C16H23Cl2N. The molecule has 1 fully saturated rings. The minimum Gasteiger partial charge on any atom is -0.317 e. The lowest BCUT2D eigenvalue weighted by atomic mass is 9.83. The quantitative estimate of drug-likeness (QED) is 0.798. The van der Waals surface area contributed by atoms with Crippen LogP contribution in [0.1, 0.15) is 44.1 Å². The van der Waals surface area contributed by atoms with Crippen LogP contribution in [-0.4, -0.2) is 13.1 Å². The molecule has 1 aliphatic carbocycles. The van der Waals surface area contributed by atoms with E-state index in [2.05, 4.69) is 5.32 Å². The minimum absolute atomic E-state index is 0.473. The molecule has 1 aromatic rings. The molecule has 0 bridgehead atoms. The van der Waals surface area contributed by atoms with E-state index in [1.807, 2.05) is 25.2 Å². The van der Waals surface area contributed by atoms with Crippen LogP contribution in [0, 0.1) is 5.92 Å². The van der Waals surface area contributed by atoms with Crippen molar-refractivity contribution >= 4 is 23.2 Å². The normalized spacial score (nSPS) is 18.5. The van der Waals surface area contributed by atoms with Crippen molar-refractivity contribution in [2.75, 3.05) is 7.05 Å². The Bertz CT molecular complexity index is 379. The minimum atomic E-state index is 0.473. The first-order valence-electron chi connectivity index (χ1n) is 7.31. The highest BCUT2D eigenvalue weighted by Crippen LogP contribution is 2.30. The van der Waals surface area contributed by atoms with E-state index >= 15 is 0 Å². The Labute approximate surface area is 126 Å². The van der Waals surface area contributed by atoms with Gasteiger partial charge in [-0.1, -0.05) is 61.4 Å². The fourth-order valence-electron chi connectivity index (χ4n) is 3.10. The Kier molecular flexibility index (Phi) is 6.00. The fraction of sp³-hybridized carbons (Fsp3) is 0.625. The summed E-state index contributed by atoms with van der Waals surface area (Å²) in [7, 11) is 2.04. The number of benzene rings is 1. The van der Waals surface area contributed by atoms with Gasteiger partial charge in [0.15, 0.2) is 0 Å². The van der Waals surface area contributed by atoms with E-state index in [1.165, 1.54) is 38.5 Å². The number of rotatable bonds is 5. The van der Waals surface area contributed by atoms with Crippen molar-refractivity contribution in [1.29, 1.82) is 0 Å². The molecule has 2 rings (SSSR count). The van der Waals surface area contributed by atoms with Crippen LogP contribution in [-0.2, 0) is 6.42 Å². The van der Waals surface area contributed by atoms with Crippen molar-refractivity contribution in [2.45, 2.75) is 51.0 Å². The van der Waals surface area contributed by atoms with E-state index in [9.17, 15) is 0 Å². The van der Waals surface area contributed by atoms with Crippen LogP contribution in [0.3, 0.4) is 0 Å². The summed E-state index contributed by atoms with van der Waals surface area (Å²) < 4.78 is 0. The van der Waals surface area contributed by atoms with E-state index in [4.69, 9.17) is 23.2 Å². The van der Waals surface area contributed by atoms with E-state index in [-0.39, 0.29) is 0 Å². The summed E-state index contributed by atoms with van der Waals surface area (Å²) in [4.78, 5) is 0.